The molecule has 0 aromatic rings. The minimum atomic E-state index is -2.43. The number of allylic oxidation sites excluding steroid dienone is 12. The van der Waals surface area contributed by atoms with Crippen LogP contribution in [0.1, 0.15) is 251 Å². The number of carbonyl (C=O) groups is 10. The molecule has 732 valence electrons. The van der Waals surface area contributed by atoms with E-state index >= 15 is 0 Å². The van der Waals surface area contributed by atoms with Crippen LogP contribution in [0.15, 0.2) is 95.2 Å². The van der Waals surface area contributed by atoms with Crippen LogP contribution >= 0.6 is 0 Å². The molecule has 30 atom stereocenters. The monoisotopic (exact) mass is 1830 g/mol. The molecule has 2 amide bonds. The quantitative estimate of drug-likeness (QED) is 0.0600. The van der Waals surface area contributed by atoms with Crippen molar-refractivity contribution in [2.24, 2.45) is 71.0 Å². The predicted octanol–water partition coefficient (Wildman–Crippen LogP) is 12.4. The Morgan fingerprint density at radius 3 is 1.12 bits per heavy atom. The van der Waals surface area contributed by atoms with Crippen LogP contribution in [0.25, 0.3) is 0 Å². The number of methoxy groups -OCH3 is 6. The number of amides is 2. The zero-order valence-electron chi connectivity index (χ0n) is 81.2. The number of ether oxygens (including phenoxy) is 10. The Hall–Kier alpha value is -6.74. The molecular weight excluding hydrogens is 1670 g/mol. The number of hydrogen-bond donors (Lipinski definition) is 6. The van der Waals surface area contributed by atoms with Crippen molar-refractivity contribution in [1.29, 1.82) is 0 Å². The molecule has 8 rings (SSSR count). The summed E-state index contributed by atoms with van der Waals surface area (Å²) in [6.45, 7) is 25.5. The summed E-state index contributed by atoms with van der Waals surface area (Å²) in [4.78, 5) is 144. The van der Waals surface area contributed by atoms with Gasteiger partial charge in [-0.15, -0.1) is 0 Å². The molecule has 0 unspecified atom stereocenters. The van der Waals surface area contributed by atoms with Crippen LogP contribution in [0, 0.1) is 71.0 Å². The lowest BCUT2D eigenvalue weighted by Crippen LogP contribution is -2.61. The van der Waals surface area contributed by atoms with E-state index in [2.05, 4.69) is 0 Å². The Labute approximate surface area is 772 Å². The maximum atomic E-state index is 14.4. The number of aliphatic hydroxyl groups excluding tert-OH is 4. The minimum absolute atomic E-state index is 0.0193. The van der Waals surface area contributed by atoms with Gasteiger partial charge < -0.3 is 87.8 Å². The molecule has 6 fully saturated rings. The Balaban J connectivity index is 0.000000356. The van der Waals surface area contributed by atoms with Crippen LogP contribution in [0.2, 0.25) is 0 Å². The van der Waals surface area contributed by atoms with Crippen molar-refractivity contribution in [3.05, 3.63) is 95.2 Å². The smallest absolute Gasteiger partial charge is 0.329 e. The van der Waals surface area contributed by atoms with Crippen molar-refractivity contribution >= 4 is 58.5 Å². The Kier molecular flexibility index (Phi) is 44.4. The first-order valence-corrected chi connectivity index (χ1v) is 47.8. The summed E-state index contributed by atoms with van der Waals surface area (Å²) in [5.41, 5.74) is 2.53. The maximum Gasteiger partial charge on any atom is 0.329 e. The van der Waals surface area contributed by atoms with Crippen molar-refractivity contribution < 1.29 is 126 Å². The van der Waals surface area contributed by atoms with Gasteiger partial charge in [0, 0.05) is 117 Å². The van der Waals surface area contributed by atoms with E-state index < -0.39 is 168 Å². The lowest BCUT2D eigenvalue weighted by atomic mass is 9.78. The number of hydrogen-bond acceptors (Lipinski definition) is 26. The molecule has 6 aliphatic heterocycles. The van der Waals surface area contributed by atoms with Crippen LogP contribution < -0.4 is 0 Å². The van der Waals surface area contributed by atoms with Crippen molar-refractivity contribution in [1.82, 2.24) is 9.80 Å². The molecule has 2 saturated carbocycles. The molecule has 4 saturated heterocycles. The molecule has 0 radical (unpaired) electrons. The first-order valence-electron chi connectivity index (χ1n) is 47.8. The van der Waals surface area contributed by atoms with E-state index in [-0.39, 0.29) is 110 Å². The molecule has 0 spiro atoms. The highest BCUT2D eigenvalue weighted by Crippen LogP contribution is 2.42. The van der Waals surface area contributed by atoms with E-state index in [1.54, 1.807) is 82.1 Å². The summed E-state index contributed by atoms with van der Waals surface area (Å²) in [6.07, 6.45) is 22.4. The fourth-order valence-electron chi connectivity index (χ4n) is 20.2. The molecule has 28 nitrogen and oxygen atoms in total. The lowest BCUT2D eigenvalue weighted by Gasteiger charge is -2.42. The third-order valence-electron chi connectivity index (χ3n) is 29.0. The molecule has 2 aliphatic carbocycles. The van der Waals surface area contributed by atoms with E-state index in [0.717, 1.165) is 24.0 Å². The van der Waals surface area contributed by atoms with Gasteiger partial charge in [0.05, 0.1) is 48.8 Å². The molecule has 130 heavy (non-hydrogen) atoms. The Morgan fingerprint density at radius 2 is 0.785 bits per heavy atom. The molecule has 8 aliphatic rings. The molecular formula is C102H158N2O26. The third kappa shape index (κ3) is 30.1. The number of carbonyl (C=O) groups excluding carboxylic acids is 10. The van der Waals surface area contributed by atoms with Crippen LogP contribution in [-0.4, -0.2) is 264 Å². The van der Waals surface area contributed by atoms with E-state index in [1.807, 2.05) is 116 Å². The minimum Gasteiger partial charge on any atom is -0.460 e. The van der Waals surface area contributed by atoms with Crippen LogP contribution in [0.4, 0.5) is 0 Å². The molecule has 6 N–H and O–H groups in total. The highest BCUT2D eigenvalue weighted by Gasteiger charge is 2.56. The number of aliphatic hydroxyl groups is 6. The van der Waals surface area contributed by atoms with Gasteiger partial charge in [-0.05, 0) is 214 Å². The third-order valence-corrected chi connectivity index (χ3v) is 29.0. The molecule has 0 aromatic heterocycles. The Morgan fingerprint density at radius 1 is 0.423 bits per heavy atom. The van der Waals surface area contributed by atoms with Crippen molar-refractivity contribution in [2.75, 3.05) is 55.7 Å². The number of nitrogens with zero attached hydrogens (tertiary/aromatic N) is 2. The summed E-state index contributed by atoms with van der Waals surface area (Å²) in [5, 5.41) is 67.7. The molecule has 4 bridgehead atoms. The van der Waals surface area contributed by atoms with Gasteiger partial charge in [0.2, 0.25) is 11.6 Å². The van der Waals surface area contributed by atoms with Crippen LogP contribution in [-0.2, 0) is 95.3 Å². The Bertz CT molecular complexity index is 3760. The highest BCUT2D eigenvalue weighted by atomic mass is 16.6. The average molecular weight is 1830 g/mol. The molecule has 6 heterocycles. The van der Waals surface area contributed by atoms with Gasteiger partial charge >= 0.3 is 11.9 Å². The summed E-state index contributed by atoms with van der Waals surface area (Å²) in [5.74, 6) is -15.9. The number of piperidine rings is 2. The van der Waals surface area contributed by atoms with E-state index in [4.69, 9.17) is 47.4 Å². The first-order chi connectivity index (χ1) is 61.5. The number of ketones is 6. The molecule has 28 heteroatoms. The van der Waals surface area contributed by atoms with Crippen LogP contribution in [0.5, 0.6) is 0 Å². The average Bonchev–Trinajstić information content (AvgIpc) is 0.774. The summed E-state index contributed by atoms with van der Waals surface area (Å²) >= 11 is 0. The maximum absolute atomic E-state index is 14.4. The van der Waals surface area contributed by atoms with Gasteiger partial charge in [0.1, 0.15) is 60.3 Å². The number of Topliss-reactive ketones (excluding diaryl/α,β-unsaturated/α-hetero) is 6. The first kappa shape index (κ1) is 110. The van der Waals surface area contributed by atoms with Gasteiger partial charge in [-0.1, -0.05) is 142 Å². The van der Waals surface area contributed by atoms with Crippen molar-refractivity contribution in [2.45, 2.75) is 360 Å². The zero-order valence-corrected chi connectivity index (χ0v) is 81.2. The number of esters is 2. The summed E-state index contributed by atoms with van der Waals surface area (Å²) in [6, 6.07) is -2.28. The predicted molar refractivity (Wildman–Crippen MR) is 490 cm³/mol. The van der Waals surface area contributed by atoms with Crippen LogP contribution in [0.3, 0.4) is 0 Å². The van der Waals surface area contributed by atoms with Gasteiger partial charge in [0.15, 0.2) is 11.6 Å². The van der Waals surface area contributed by atoms with E-state index in [1.165, 1.54) is 24.0 Å². The highest BCUT2D eigenvalue weighted by molar-refractivity contribution is 6.39. The zero-order chi connectivity index (χ0) is 96.3. The fraction of sp³-hybridized carbons (Fsp3) is 0.745. The lowest BCUT2D eigenvalue weighted by molar-refractivity contribution is -0.265. The molecule has 0 aromatic carbocycles. The SMILES string of the molecule is CO[C@H]1C[C@@H]2CC[C@@H](C)[C@@](O)(O2)C(=O)C(=O)N2CCCC[C@H]2C(=O)O[C@H]([C@@H](C)C[C@@H]2CC[C@@H](O)[C@H](OC)C2)CC(=O)[C@H](C)/C=C(\C)[C@@H](O)[C@@H](OC)C(=O)[C@H](C)C[C@H](C)/C=C/C=CC=C1C.CO[C@H]1C[C@@H]2CC[C@@H](C)[C@@](O)(O2)C(=O)C(=O)N2CCCC[C@H]2C(=O)O[C@H]([C@@H](C)C[C@@H]2CC[C@@H](O)[C@H](OC)C2)CC(=O)[C@H](C)/C=C(\C)[C@@H](O)[C@@H](OC)C(=O)[C@H](C)C[C@H](C)/C=C/C=CC=C1C. The second kappa shape index (κ2) is 52.4. The largest absolute Gasteiger partial charge is 0.460 e. The van der Waals surface area contributed by atoms with Gasteiger partial charge in [-0.25, -0.2) is 9.59 Å². The number of cyclic esters (lactones) is 2. The van der Waals surface area contributed by atoms with Crippen molar-refractivity contribution in [3.63, 3.8) is 0 Å². The van der Waals surface area contributed by atoms with Gasteiger partial charge in [-0.3, -0.25) is 38.4 Å². The van der Waals surface area contributed by atoms with E-state index in [0.29, 0.717) is 127 Å². The van der Waals surface area contributed by atoms with E-state index in [9.17, 15) is 78.6 Å². The van der Waals surface area contributed by atoms with Gasteiger partial charge in [0.25, 0.3) is 23.4 Å². The summed E-state index contributed by atoms with van der Waals surface area (Å²) in [7, 11) is 9.04. The van der Waals surface area contributed by atoms with Crippen molar-refractivity contribution in [3.8, 4) is 0 Å². The normalized spacial score (nSPS) is 39.1. The fourth-order valence-corrected chi connectivity index (χ4v) is 20.2. The number of fused-ring (bicyclic) bond motifs is 6. The second-order valence-corrected chi connectivity index (χ2v) is 39.2. The van der Waals surface area contributed by atoms with Gasteiger partial charge in [-0.2, -0.15) is 0 Å². The second-order valence-electron chi connectivity index (χ2n) is 39.2. The standard InChI is InChI=1S/2C51H79NO13/c2*1-30-16-12-11-13-17-31(2)42(61-8)28-38-21-19-36(7)51(60,65-38)48(57)49(58)52-23-15-14-18-39(52)50(59)64-43(33(4)26-37-20-22-40(53)44(27-37)62-9)29-41(54)32(3)25-35(6)46(56)47(63-10)45(55)34(5)24-30/h2*11-13,16-17,25,30,32-34,36-40,42-44,46-47,53,56,60H,14-15,18-24,26-29H2,1-10H3/b2*13-11?,16-12+,31-17?,35-25+/t2*30-,32-,33+,34-,36-,37+,38+,39+,40-,42+,43+,44-,46-,47+,51-/m11/s1. The number of rotatable bonds is 12. The topological polar surface area (TPSA) is 391 Å². The summed E-state index contributed by atoms with van der Waals surface area (Å²) < 4.78 is 58.7.